The van der Waals surface area contributed by atoms with Crippen molar-refractivity contribution in [1.29, 1.82) is 0 Å². The topological polar surface area (TPSA) is 56.8 Å². The number of benzene rings is 2. The van der Waals surface area contributed by atoms with Crippen molar-refractivity contribution in [1.82, 2.24) is 10.2 Å². The Bertz CT molecular complexity index is 917. The molecule has 0 radical (unpaired) electrons. The maximum absolute atomic E-state index is 12.7. The first-order chi connectivity index (χ1) is 15.7. The Hall–Kier alpha value is -2.09. The highest BCUT2D eigenvalue weighted by Gasteiger charge is 2.26. The number of methoxy groups -OCH3 is 1. The van der Waals surface area contributed by atoms with E-state index in [2.05, 4.69) is 26.5 Å². The smallest absolute Gasteiger partial charge is 0.319 e. The van der Waals surface area contributed by atoms with Crippen LogP contribution in [0, 0.1) is 0 Å². The SMILES string of the molecule is COc1ccccc1C(CNC(=O)Nc1ccc(N2CCSCC2)c(Cl)c1)N1CCCC1. The summed E-state index contributed by atoms with van der Waals surface area (Å²) in [5, 5.41) is 6.65. The molecule has 2 N–H and O–H groups in total. The van der Waals surface area contributed by atoms with Crippen LogP contribution in [0.1, 0.15) is 24.4 Å². The first-order valence-corrected chi connectivity index (χ1v) is 12.7. The number of ether oxygens (including phenoxy) is 1. The molecule has 0 spiro atoms. The molecular weight excluding hydrogens is 444 g/mol. The van der Waals surface area contributed by atoms with E-state index >= 15 is 0 Å². The fourth-order valence-corrected chi connectivity index (χ4v) is 5.64. The standard InChI is InChI=1S/C24H31ClN4O2S/c1-31-23-7-3-2-6-19(23)22(28-10-4-5-11-28)17-26-24(30)27-18-8-9-21(20(25)16-18)29-12-14-32-15-13-29/h2-3,6-9,16,22H,4-5,10-15,17H2,1H3,(H2,26,27,30). The van der Waals surface area contributed by atoms with Crippen LogP contribution in [0.25, 0.3) is 0 Å². The normalized spacial score (nSPS) is 17.8. The fourth-order valence-electron chi connectivity index (χ4n) is 4.44. The van der Waals surface area contributed by atoms with E-state index in [0.717, 1.165) is 54.7 Å². The van der Waals surface area contributed by atoms with Gasteiger partial charge in [0.05, 0.1) is 23.9 Å². The van der Waals surface area contributed by atoms with E-state index in [4.69, 9.17) is 16.3 Å². The van der Waals surface area contributed by atoms with Gasteiger partial charge < -0.3 is 20.3 Å². The monoisotopic (exact) mass is 474 g/mol. The van der Waals surface area contributed by atoms with Crippen LogP contribution in [0.4, 0.5) is 16.2 Å². The Labute approximate surface area is 199 Å². The van der Waals surface area contributed by atoms with Crippen molar-refractivity contribution in [2.45, 2.75) is 18.9 Å². The molecule has 2 fully saturated rings. The summed E-state index contributed by atoms with van der Waals surface area (Å²) in [6.45, 7) is 4.55. The molecule has 4 rings (SSSR count). The summed E-state index contributed by atoms with van der Waals surface area (Å²) < 4.78 is 5.59. The number of rotatable bonds is 7. The lowest BCUT2D eigenvalue weighted by atomic mass is 10.0. The van der Waals surface area contributed by atoms with E-state index in [1.54, 1.807) is 7.11 Å². The van der Waals surface area contributed by atoms with Gasteiger partial charge in [-0.05, 0) is 50.2 Å². The lowest BCUT2D eigenvalue weighted by molar-refractivity contribution is 0.224. The van der Waals surface area contributed by atoms with Crippen molar-refractivity contribution in [3.8, 4) is 5.75 Å². The van der Waals surface area contributed by atoms with Gasteiger partial charge in [0.2, 0.25) is 0 Å². The predicted molar refractivity (Wildman–Crippen MR) is 135 cm³/mol. The molecule has 0 aromatic heterocycles. The number of carbonyl (C=O) groups is 1. The third-order valence-corrected chi connectivity index (χ3v) is 7.34. The maximum atomic E-state index is 12.7. The van der Waals surface area contributed by atoms with E-state index in [9.17, 15) is 4.79 Å². The minimum atomic E-state index is -0.234. The second kappa shape index (κ2) is 11.2. The summed E-state index contributed by atoms with van der Waals surface area (Å²) in [6.07, 6.45) is 2.36. The molecule has 172 valence electrons. The van der Waals surface area contributed by atoms with Gasteiger partial charge >= 0.3 is 6.03 Å². The highest BCUT2D eigenvalue weighted by atomic mass is 35.5. The third-order valence-electron chi connectivity index (χ3n) is 6.09. The number of thioether (sulfide) groups is 1. The molecule has 6 nitrogen and oxygen atoms in total. The maximum Gasteiger partial charge on any atom is 0.319 e. The number of carbonyl (C=O) groups excluding carboxylic acids is 1. The van der Waals surface area contributed by atoms with Crippen molar-refractivity contribution >= 4 is 40.8 Å². The van der Waals surface area contributed by atoms with Gasteiger partial charge in [-0.25, -0.2) is 4.79 Å². The van der Waals surface area contributed by atoms with Gasteiger partial charge in [0.1, 0.15) is 5.75 Å². The average molecular weight is 475 g/mol. The van der Waals surface area contributed by atoms with Crippen LogP contribution in [0.5, 0.6) is 5.75 Å². The molecule has 0 aliphatic carbocycles. The van der Waals surface area contributed by atoms with Crippen LogP contribution in [-0.4, -0.2) is 62.3 Å². The van der Waals surface area contributed by atoms with Crippen molar-refractivity contribution in [3.63, 3.8) is 0 Å². The van der Waals surface area contributed by atoms with Crippen LogP contribution in [0.3, 0.4) is 0 Å². The molecular formula is C24H31ClN4O2S. The number of likely N-dealkylation sites (tertiary alicyclic amines) is 1. The van der Waals surface area contributed by atoms with Gasteiger partial charge in [-0.15, -0.1) is 0 Å². The molecule has 32 heavy (non-hydrogen) atoms. The van der Waals surface area contributed by atoms with Crippen LogP contribution in [-0.2, 0) is 0 Å². The van der Waals surface area contributed by atoms with Crippen molar-refractivity contribution in [2.24, 2.45) is 0 Å². The van der Waals surface area contributed by atoms with Gasteiger partial charge in [0, 0.05) is 42.4 Å². The Morgan fingerprint density at radius 2 is 1.88 bits per heavy atom. The molecule has 2 aromatic carbocycles. The number of amides is 2. The first-order valence-electron chi connectivity index (χ1n) is 11.2. The lowest BCUT2D eigenvalue weighted by Gasteiger charge is -2.30. The highest BCUT2D eigenvalue weighted by Crippen LogP contribution is 2.32. The fraction of sp³-hybridized carbons (Fsp3) is 0.458. The van der Waals surface area contributed by atoms with Crippen LogP contribution in [0.2, 0.25) is 5.02 Å². The number of para-hydroxylation sites is 1. The number of hydrogen-bond acceptors (Lipinski definition) is 5. The molecule has 1 atom stereocenters. The number of hydrogen-bond donors (Lipinski definition) is 2. The van der Waals surface area contributed by atoms with Crippen LogP contribution < -0.4 is 20.3 Å². The Morgan fingerprint density at radius 1 is 1.12 bits per heavy atom. The van der Waals surface area contributed by atoms with Gasteiger partial charge in [0.15, 0.2) is 0 Å². The minimum absolute atomic E-state index is 0.0716. The number of anilines is 2. The summed E-state index contributed by atoms with van der Waals surface area (Å²) in [5.74, 6) is 3.08. The summed E-state index contributed by atoms with van der Waals surface area (Å²) in [4.78, 5) is 17.4. The van der Waals surface area contributed by atoms with Gasteiger partial charge in [-0.2, -0.15) is 11.8 Å². The van der Waals surface area contributed by atoms with E-state index in [0.29, 0.717) is 17.3 Å². The average Bonchev–Trinajstić information content (AvgIpc) is 3.35. The van der Waals surface area contributed by atoms with Gasteiger partial charge in [-0.3, -0.25) is 4.90 Å². The third kappa shape index (κ3) is 5.63. The van der Waals surface area contributed by atoms with E-state index < -0.39 is 0 Å². The minimum Gasteiger partial charge on any atom is -0.496 e. The molecule has 1 unspecified atom stereocenters. The molecule has 2 amide bonds. The Morgan fingerprint density at radius 3 is 2.59 bits per heavy atom. The molecule has 2 heterocycles. The number of nitrogens with zero attached hydrogens (tertiary/aromatic N) is 2. The molecule has 2 aliphatic rings. The summed E-state index contributed by atoms with van der Waals surface area (Å²) in [5.41, 5.74) is 2.82. The van der Waals surface area contributed by atoms with Crippen LogP contribution in [0.15, 0.2) is 42.5 Å². The molecule has 0 saturated carbocycles. The van der Waals surface area contributed by atoms with Crippen LogP contribution >= 0.6 is 23.4 Å². The zero-order valence-electron chi connectivity index (χ0n) is 18.5. The lowest BCUT2D eigenvalue weighted by Crippen LogP contribution is -2.38. The van der Waals surface area contributed by atoms with E-state index in [1.807, 2.05) is 48.2 Å². The predicted octanol–water partition coefficient (Wildman–Crippen LogP) is 4.86. The second-order valence-corrected chi connectivity index (χ2v) is 9.73. The zero-order valence-corrected chi connectivity index (χ0v) is 20.1. The number of nitrogens with one attached hydrogen (secondary N) is 2. The molecule has 8 heteroatoms. The Kier molecular flexibility index (Phi) is 8.05. The molecule has 2 aliphatic heterocycles. The van der Waals surface area contributed by atoms with Crippen molar-refractivity contribution in [2.75, 3.05) is 61.6 Å². The van der Waals surface area contributed by atoms with E-state index in [-0.39, 0.29) is 12.1 Å². The molecule has 0 bridgehead atoms. The quantitative estimate of drug-likeness (QED) is 0.600. The first kappa shape index (κ1) is 23.1. The summed E-state index contributed by atoms with van der Waals surface area (Å²) in [6, 6.07) is 13.6. The Balaban J connectivity index is 1.39. The largest absolute Gasteiger partial charge is 0.496 e. The van der Waals surface area contributed by atoms with E-state index in [1.165, 1.54) is 12.8 Å². The number of urea groups is 1. The second-order valence-electron chi connectivity index (χ2n) is 8.10. The van der Waals surface area contributed by atoms with Gasteiger partial charge in [0.25, 0.3) is 0 Å². The molecule has 2 saturated heterocycles. The molecule has 2 aromatic rings. The number of halogens is 1. The highest BCUT2D eigenvalue weighted by molar-refractivity contribution is 7.99. The summed E-state index contributed by atoms with van der Waals surface area (Å²) >= 11 is 8.50. The van der Waals surface area contributed by atoms with Gasteiger partial charge in [-0.1, -0.05) is 29.8 Å². The van der Waals surface area contributed by atoms with Crippen molar-refractivity contribution < 1.29 is 9.53 Å². The zero-order chi connectivity index (χ0) is 22.3. The summed E-state index contributed by atoms with van der Waals surface area (Å²) in [7, 11) is 1.69. The van der Waals surface area contributed by atoms with Crippen molar-refractivity contribution in [3.05, 3.63) is 53.1 Å².